The molecule has 0 saturated heterocycles. The van der Waals surface area contributed by atoms with Gasteiger partial charge in [0.25, 0.3) is 0 Å². The summed E-state index contributed by atoms with van der Waals surface area (Å²) in [6.07, 6.45) is 8.92. The zero-order valence-electron chi connectivity index (χ0n) is 13.4. The fourth-order valence-corrected chi connectivity index (χ4v) is 3.66. The Kier molecular flexibility index (Phi) is 3.48. The van der Waals surface area contributed by atoms with Crippen molar-refractivity contribution in [1.82, 2.24) is 29.2 Å². The van der Waals surface area contributed by atoms with E-state index in [1.54, 1.807) is 0 Å². The van der Waals surface area contributed by atoms with Gasteiger partial charge in [0.05, 0.1) is 6.54 Å². The Bertz CT molecular complexity index is 653. The van der Waals surface area contributed by atoms with Crippen molar-refractivity contribution in [2.24, 2.45) is 5.92 Å². The largest absolute Gasteiger partial charge is 0.335 e. The summed E-state index contributed by atoms with van der Waals surface area (Å²) in [5.74, 6) is 4.13. The topological polar surface area (TPSA) is 51.8 Å². The van der Waals surface area contributed by atoms with Crippen LogP contribution in [0.4, 0.5) is 0 Å². The fourth-order valence-electron chi connectivity index (χ4n) is 3.66. The first-order valence-electron chi connectivity index (χ1n) is 8.29. The second kappa shape index (κ2) is 5.50. The number of nitrogens with zero attached hydrogens (tertiary/aromatic N) is 6. The normalized spacial score (nSPS) is 21.3. The minimum Gasteiger partial charge on any atom is -0.335 e. The van der Waals surface area contributed by atoms with Crippen molar-refractivity contribution < 1.29 is 0 Å². The Balaban J connectivity index is 1.38. The number of hydrogen-bond donors (Lipinski definition) is 0. The molecule has 118 valence electrons. The molecule has 1 atom stereocenters. The highest BCUT2D eigenvalue weighted by Crippen LogP contribution is 2.36. The van der Waals surface area contributed by atoms with Crippen LogP contribution in [0.1, 0.15) is 42.8 Å². The smallest absolute Gasteiger partial charge is 0.147 e. The number of imidazole rings is 1. The maximum Gasteiger partial charge on any atom is 0.147 e. The van der Waals surface area contributed by atoms with E-state index in [1.807, 2.05) is 6.20 Å². The Morgan fingerprint density at radius 1 is 1.27 bits per heavy atom. The quantitative estimate of drug-likeness (QED) is 0.845. The molecule has 2 aromatic heterocycles. The number of rotatable bonds is 5. The van der Waals surface area contributed by atoms with Gasteiger partial charge in [-0.1, -0.05) is 0 Å². The predicted octanol–water partition coefficient (Wildman–Crippen LogP) is 1.81. The summed E-state index contributed by atoms with van der Waals surface area (Å²) in [5.41, 5.74) is 0. The Morgan fingerprint density at radius 3 is 2.95 bits per heavy atom. The highest BCUT2D eigenvalue weighted by atomic mass is 15.3. The van der Waals surface area contributed by atoms with Crippen LogP contribution >= 0.6 is 0 Å². The summed E-state index contributed by atoms with van der Waals surface area (Å²) in [6, 6.07) is 0.654. The van der Waals surface area contributed by atoms with E-state index in [1.165, 1.54) is 25.1 Å². The molecule has 4 rings (SSSR count). The monoisotopic (exact) mass is 300 g/mol. The van der Waals surface area contributed by atoms with Crippen LogP contribution in [-0.2, 0) is 19.5 Å². The van der Waals surface area contributed by atoms with Crippen LogP contribution in [0.3, 0.4) is 0 Å². The van der Waals surface area contributed by atoms with E-state index in [-0.39, 0.29) is 0 Å². The molecule has 1 saturated carbocycles. The van der Waals surface area contributed by atoms with Crippen molar-refractivity contribution in [3.8, 4) is 0 Å². The molecule has 0 unspecified atom stereocenters. The van der Waals surface area contributed by atoms with Gasteiger partial charge in [0.1, 0.15) is 17.5 Å². The molecular weight excluding hydrogens is 276 g/mol. The van der Waals surface area contributed by atoms with Crippen LogP contribution in [0.15, 0.2) is 12.4 Å². The standard InChI is InChI=1S/C16H24N6/c1-12-18-19-16(22(12)14-4-5-14)11-20(2)9-13-3-6-15-17-7-8-21(15)10-13/h7-8,13-14H,3-6,9-11H2,1-2H3/t13-/m0/s1. The molecule has 0 bridgehead atoms. The Hall–Kier alpha value is -1.69. The van der Waals surface area contributed by atoms with Gasteiger partial charge in [-0.15, -0.1) is 10.2 Å². The molecule has 2 aliphatic rings. The minimum absolute atomic E-state index is 0.654. The molecule has 0 N–H and O–H groups in total. The second-order valence-corrected chi connectivity index (χ2v) is 6.86. The maximum atomic E-state index is 4.41. The summed E-state index contributed by atoms with van der Waals surface area (Å²) >= 11 is 0. The number of aryl methyl sites for hydroxylation is 2. The SMILES string of the molecule is Cc1nnc(CN(C)C[C@@H]2CCc3nccn3C2)n1C1CC1. The van der Waals surface area contributed by atoms with Gasteiger partial charge in [-0.05, 0) is 39.2 Å². The van der Waals surface area contributed by atoms with E-state index < -0.39 is 0 Å². The van der Waals surface area contributed by atoms with Crippen molar-refractivity contribution in [3.63, 3.8) is 0 Å². The lowest BCUT2D eigenvalue weighted by Gasteiger charge is -2.28. The lowest BCUT2D eigenvalue weighted by molar-refractivity contribution is 0.223. The molecule has 6 nitrogen and oxygen atoms in total. The zero-order chi connectivity index (χ0) is 15.1. The van der Waals surface area contributed by atoms with E-state index in [9.17, 15) is 0 Å². The first-order chi connectivity index (χ1) is 10.7. The predicted molar refractivity (Wildman–Crippen MR) is 83.4 cm³/mol. The van der Waals surface area contributed by atoms with Crippen LogP contribution in [0.5, 0.6) is 0 Å². The van der Waals surface area contributed by atoms with Gasteiger partial charge in [-0.25, -0.2) is 4.98 Å². The molecule has 0 aromatic carbocycles. The van der Waals surface area contributed by atoms with Crippen LogP contribution in [-0.4, -0.2) is 42.8 Å². The van der Waals surface area contributed by atoms with Gasteiger partial charge in [0.2, 0.25) is 0 Å². The van der Waals surface area contributed by atoms with Crippen molar-refractivity contribution in [1.29, 1.82) is 0 Å². The van der Waals surface area contributed by atoms with Crippen LogP contribution in [0, 0.1) is 12.8 Å². The molecule has 1 aliphatic carbocycles. The highest BCUT2D eigenvalue weighted by molar-refractivity contribution is 5.02. The third-order valence-electron chi connectivity index (χ3n) is 4.86. The van der Waals surface area contributed by atoms with Gasteiger partial charge in [-0.3, -0.25) is 4.90 Å². The molecule has 1 aliphatic heterocycles. The Labute approximate surface area is 131 Å². The molecule has 3 heterocycles. The second-order valence-electron chi connectivity index (χ2n) is 6.86. The first-order valence-corrected chi connectivity index (χ1v) is 8.29. The summed E-state index contributed by atoms with van der Waals surface area (Å²) in [6.45, 7) is 5.16. The van der Waals surface area contributed by atoms with Gasteiger partial charge < -0.3 is 9.13 Å². The molecule has 1 fully saturated rings. The Morgan fingerprint density at radius 2 is 2.14 bits per heavy atom. The molecular formula is C16H24N6. The number of fused-ring (bicyclic) bond motifs is 1. The fraction of sp³-hybridized carbons (Fsp3) is 0.688. The third-order valence-corrected chi connectivity index (χ3v) is 4.86. The highest BCUT2D eigenvalue weighted by Gasteiger charge is 2.28. The lowest BCUT2D eigenvalue weighted by Crippen LogP contribution is -2.32. The van der Waals surface area contributed by atoms with Crippen molar-refractivity contribution in [2.75, 3.05) is 13.6 Å². The van der Waals surface area contributed by atoms with Crippen LogP contribution < -0.4 is 0 Å². The molecule has 0 amide bonds. The van der Waals surface area contributed by atoms with Gasteiger partial charge in [0.15, 0.2) is 0 Å². The summed E-state index contributed by atoms with van der Waals surface area (Å²) < 4.78 is 4.64. The van der Waals surface area contributed by atoms with Crippen LogP contribution in [0.25, 0.3) is 0 Å². The third kappa shape index (κ3) is 2.67. The average Bonchev–Trinajstić information content (AvgIpc) is 3.10. The molecule has 0 radical (unpaired) electrons. The lowest BCUT2D eigenvalue weighted by atomic mass is 9.99. The number of hydrogen-bond acceptors (Lipinski definition) is 4. The van der Waals surface area contributed by atoms with Crippen molar-refractivity contribution in [3.05, 3.63) is 29.9 Å². The van der Waals surface area contributed by atoms with Gasteiger partial charge >= 0.3 is 0 Å². The van der Waals surface area contributed by atoms with Gasteiger partial charge in [-0.2, -0.15) is 0 Å². The van der Waals surface area contributed by atoms with E-state index in [0.29, 0.717) is 12.0 Å². The van der Waals surface area contributed by atoms with Crippen molar-refractivity contribution >= 4 is 0 Å². The molecule has 22 heavy (non-hydrogen) atoms. The van der Waals surface area contributed by atoms with E-state index in [2.05, 4.69) is 49.4 Å². The molecule has 0 spiro atoms. The van der Waals surface area contributed by atoms with Crippen LogP contribution in [0.2, 0.25) is 0 Å². The summed E-state index contributed by atoms with van der Waals surface area (Å²) in [7, 11) is 2.20. The zero-order valence-corrected chi connectivity index (χ0v) is 13.4. The van der Waals surface area contributed by atoms with E-state index in [0.717, 1.165) is 37.7 Å². The summed E-state index contributed by atoms with van der Waals surface area (Å²) in [4.78, 5) is 6.80. The van der Waals surface area contributed by atoms with Crippen molar-refractivity contribution in [2.45, 2.75) is 51.7 Å². The molecule has 6 heteroatoms. The first kappa shape index (κ1) is 13.9. The molecule has 2 aromatic rings. The van der Waals surface area contributed by atoms with Gasteiger partial charge in [0, 0.05) is 37.9 Å². The maximum absolute atomic E-state index is 4.41. The summed E-state index contributed by atoms with van der Waals surface area (Å²) in [5, 5.41) is 8.67. The van der Waals surface area contributed by atoms with E-state index in [4.69, 9.17) is 0 Å². The average molecular weight is 300 g/mol. The minimum atomic E-state index is 0.654. The van der Waals surface area contributed by atoms with E-state index >= 15 is 0 Å². The number of aromatic nitrogens is 5.